The third kappa shape index (κ3) is 5.50. The Balaban J connectivity index is 1.72. The Labute approximate surface area is 176 Å². The minimum absolute atomic E-state index is 0.204. The monoisotopic (exact) mass is 436 g/mol. The second-order valence-corrected chi connectivity index (χ2v) is 9.42. The van der Waals surface area contributed by atoms with Crippen molar-refractivity contribution in [2.24, 2.45) is 5.92 Å². The highest BCUT2D eigenvalue weighted by Crippen LogP contribution is 2.25. The van der Waals surface area contributed by atoms with Crippen LogP contribution in [0, 0.1) is 5.92 Å². The molecular formula is C21H25ClN2O4S. The number of aliphatic carboxylic acids is 1. The molecule has 0 radical (unpaired) electrons. The summed E-state index contributed by atoms with van der Waals surface area (Å²) in [6.07, 6.45) is 2.02. The van der Waals surface area contributed by atoms with Crippen molar-refractivity contribution >= 4 is 33.3 Å². The van der Waals surface area contributed by atoms with Gasteiger partial charge in [-0.25, -0.2) is 8.42 Å². The third-order valence-electron chi connectivity index (χ3n) is 5.29. The molecule has 1 heterocycles. The second kappa shape index (κ2) is 9.15. The number of sulfonamides is 1. The van der Waals surface area contributed by atoms with Crippen molar-refractivity contribution in [1.82, 2.24) is 4.90 Å². The van der Waals surface area contributed by atoms with Crippen LogP contribution in [-0.2, 0) is 27.8 Å². The number of carbonyl (C=O) groups is 1. The molecule has 2 aromatic carbocycles. The van der Waals surface area contributed by atoms with E-state index in [0.29, 0.717) is 36.6 Å². The zero-order valence-electron chi connectivity index (χ0n) is 16.3. The van der Waals surface area contributed by atoms with Crippen LogP contribution in [0.15, 0.2) is 47.4 Å². The number of anilines is 1. The SMILES string of the molecule is CCC(CCN1CCc2ccc(S(=O)(=O)Nc3cccc(Cl)c3)cc2C1)C(=O)O. The molecule has 0 aliphatic carbocycles. The van der Waals surface area contributed by atoms with Gasteiger partial charge in [-0.2, -0.15) is 0 Å². The van der Waals surface area contributed by atoms with Crippen molar-refractivity contribution in [3.8, 4) is 0 Å². The van der Waals surface area contributed by atoms with Gasteiger partial charge in [0.2, 0.25) is 0 Å². The standard InChI is InChI=1S/C21H25ClN2O4S/c1-2-15(21(25)26)8-10-24-11-9-16-6-7-20(12-17(16)14-24)29(27,28)23-19-5-3-4-18(22)13-19/h3-7,12-13,15,23H,2,8-11,14H2,1H3,(H,25,26). The van der Waals surface area contributed by atoms with E-state index in [0.717, 1.165) is 24.1 Å². The number of nitrogens with one attached hydrogen (secondary N) is 1. The van der Waals surface area contributed by atoms with E-state index in [1.54, 1.807) is 36.4 Å². The average molecular weight is 437 g/mol. The van der Waals surface area contributed by atoms with Gasteiger partial charge in [0, 0.05) is 18.1 Å². The van der Waals surface area contributed by atoms with Gasteiger partial charge in [-0.05, 0) is 67.3 Å². The highest BCUT2D eigenvalue weighted by molar-refractivity contribution is 7.92. The molecule has 0 amide bonds. The molecule has 1 unspecified atom stereocenters. The van der Waals surface area contributed by atoms with Crippen LogP contribution in [0.4, 0.5) is 5.69 Å². The van der Waals surface area contributed by atoms with Crippen LogP contribution in [0.25, 0.3) is 0 Å². The molecule has 0 bridgehead atoms. The molecule has 29 heavy (non-hydrogen) atoms. The van der Waals surface area contributed by atoms with Gasteiger partial charge < -0.3 is 5.11 Å². The molecule has 8 heteroatoms. The van der Waals surface area contributed by atoms with Crippen LogP contribution < -0.4 is 4.72 Å². The number of carboxylic acid groups (broad SMARTS) is 1. The summed E-state index contributed by atoms with van der Waals surface area (Å²) in [4.78, 5) is 13.6. The first-order valence-electron chi connectivity index (χ1n) is 9.64. The molecule has 2 N–H and O–H groups in total. The first kappa shape index (κ1) is 21.6. The van der Waals surface area contributed by atoms with Crippen molar-refractivity contribution in [3.63, 3.8) is 0 Å². The summed E-state index contributed by atoms with van der Waals surface area (Å²) in [5, 5.41) is 9.68. The van der Waals surface area contributed by atoms with Gasteiger partial charge in [-0.1, -0.05) is 30.7 Å². The molecule has 0 aromatic heterocycles. The number of fused-ring (bicyclic) bond motifs is 1. The Bertz CT molecular complexity index is 994. The average Bonchev–Trinajstić information content (AvgIpc) is 2.67. The number of halogens is 1. The van der Waals surface area contributed by atoms with Gasteiger partial charge in [0.15, 0.2) is 0 Å². The maximum Gasteiger partial charge on any atom is 0.306 e. The van der Waals surface area contributed by atoms with Crippen molar-refractivity contribution < 1.29 is 18.3 Å². The second-order valence-electron chi connectivity index (χ2n) is 7.30. The molecular weight excluding hydrogens is 412 g/mol. The van der Waals surface area contributed by atoms with Gasteiger partial charge in [0.05, 0.1) is 16.5 Å². The van der Waals surface area contributed by atoms with Gasteiger partial charge in [0.1, 0.15) is 0 Å². The summed E-state index contributed by atoms with van der Waals surface area (Å²) in [6, 6.07) is 11.8. The first-order chi connectivity index (χ1) is 13.8. The van der Waals surface area contributed by atoms with Crippen molar-refractivity contribution in [3.05, 3.63) is 58.6 Å². The zero-order valence-corrected chi connectivity index (χ0v) is 17.8. The molecule has 0 fully saturated rings. The van der Waals surface area contributed by atoms with Crippen LogP contribution in [0.2, 0.25) is 5.02 Å². The summed E-state index contributed by atoms with van der Waals surface area (Å²) >= 11 is 5.94. The number of benzene rings is 2. The Kier molecular flexibility index (Phi) is 6.82. The van der Waals surface area contributed by atoms with Gasteiger partial charge in [-0.3, -0.25) is 14.4 Å². The molecule has 0 spiro atoms. The van der Waals surface area contributed by atoms with Gasteiger partial charge >= 0.3 is 5.97 Å². The molecule has 1 aliphatic heterocycles. The fourth-order valence-corrected chi connectivity index (χ4v) is 4.85. The Morgan fingerprint density at radius 2 is 2.03 bits per heavy atom. The van der Waals surface area contributed by atoms with E-state index in [-0.39, 0.29) is 10.8 Å². The van der Waals surface area contributed by atoms with Crippen LogP contribution >= 0.6 is 11.6 Å². The molecule has 0 saturated carbocycles. The number of hydrogen-bond donors (Lipinski definition) is 2. The predicted octanol–water partition coefficient (Wildman–Crippen LogP) is 4.00. The number of rotatable bonds is 8. The van der Waals surface area contributed by atoms with E-state index in [1.807, 2.05) is 13.0 Å². The van der Waals surface area contributed by atoms with Gasteiger partial charge in [-0.15, -0.1) is 0 Å². The van der Waals surface area contributed by atoms with Gasteiger partial charge in [0.25, 0.3) is 10.0 Å². The van der Waals surface area contributed by atoms with Crippen molar-refractivity contribution in [2.75, 3.05) is 17.8 Å². The lowest BCUT2D eigenvalue weighted by Gasteiger charge is -2.29. The first-order valence-corrected chi connectivity index (χ1v) is 11.5. The third-order valence-corrected chi connectivity index (χ3v) is 6.91. The van der Waals surface area contributed by atoms with E-state index in [2.05, 4.69) is 9.62 Å². The lowest BCUT2D eigenvalue weighted by molar-refractivity contribution is -0.142. The summed E-state index contributed by atoms with van der Waals surface area (Å²) in [5.41, 5.74) is 2.51. The topological polar surface area (TPSA) is 86.7 Å². The van der Waals surface area contributed by atoms with E-state index < -0.39 is 16.0 Å². The molecule has 1 atom stereocenters. The minimum Gasteiger partial charge on any atom is -0.481 e. The largest absolute Gasteiger partial charge is 0.481 e. The van der Waals surface area contributed by atoms with E-state index in [9.17, 15) is 18.3 Å². The maximum absolute atomic E-state index is 12.8. The smallest absolute Gasteiger partial charge is 0.306 e. The Morgan fingerprint density at radius 1 is 1.24 bits per heavy atom. The van der Waals surface area contributed by atoms with Crippen LogP contribution in [0.5, 0.6) is 0 Å². The Hall–Kier alpha value is -2.09. The summed E-state index contributed by atoms with van der Waals surface area (Å²) in [6.45, 7) is 4.03. The van der Waals surface area contributed by atoms with E-state index in [4.69, 9.17) is 11.6 Å². The molecule has 1 aliphatic rings. The highest BCUT2D eigenvalue weighted by Gasteiger charge is 2.22. The molecule has 6 nitrogen and oxygen atoms in total. The number of nitrogens with zero attached hydrogens (tertiary/aromatic N) is 1. The predicted molar refractivity (Wildman–Crippen MR) is 114 cm³/mol. The molecule has 156 valence electrons. The van der Waals surface area contributed by atoms with Crippen LogP contribution in [0.1, 0.15) is 30.9 Å². The van der Waals surface area contributed by atoms with Crippen molar-refractivity contribution in [1.29, 1.82) is 0 Å². The lowest BCUT2D eigenvalue weighted by Crippen LogP contribution is -2.33. The lowest BCUT2D eigenvalue weighted by atomic mass is 9.98. The minimum atomic E-state index is -3.73. The number of hydrogen-bond acceptors (Lipinski definition) is 4. The molecule has 2 aromatic rings. The summed E-state index contributed by atoms with van der Waals surface area (Å²) < 4.78 is 28.1. The normalized spacial score (nSPS) is 15.5. The van der Waals surface area contributed by atoms with Crippen LogP contribution in [-0.4, -0.2) is 37.5 Å². The molecule has 0 saturated heterocycles. The zero-order chi connectivity index (χ0) is 21.0. The fourth-order valence-electron chi connectivity index (χ4n) is 3.56. The summed E-state index contributed by atoms with van der Waals surface area (Å²) in [7, 11) is -3.73. The molecule has 3 rings (SSSR count). The van der Waals surface area contributed by atoms with Crippen molar-refractivity contribution in [2.45, 2.75) is 37.6 Å². The summed E-state index contributed by atoms with van der Waals surface area (Å²) in [5.74, 6) is -1.10. The van der Waals surface area contributed by atoms with E-state index >= 15 is 0 Å². The Morgan fingerprint density at radius 3 is 2.72 bits per heavy atom. The maximum atomic E-state index is 12.8. The fraction of sp³-hybridized carbons (Fsp3) is 0.381. The highest BCUT2D eigenvalue weighted by atomic mass is 35.5. The van der Waals surface area contributed by atoms with Crippen LogP contribution in [0.3, 0.4) is 0 Å². The quantitative estimate of drug-likeness (QED) is 0.653. The van der Waals surface area contributed by atoms with E-state index in [1.165, 1.54) is 0 Å². The number of carboxylic acids is 1.